The van der Waals surface area contributed by atoms with Crippen LogP contribution in [0.25, 0.3) is 0 Å². The van der Waals surface area contributed by atoms with Crippen LogP contribution < -0.4 is 0 Å². The fourth-order valence-electron chi connectivity index (χ4n) is 1.71. The highest BCUT2D eigenvalue weighted by Gasteiger charge is 2.37. The average Bonchev–Trinajstić information content (AvgIpc) is 2.14. The Bertz CT molecular complexity index is 250. The van der Waals surface area contributed by atoms with Crippen LogP contribution in [0.3, 0.4) is 0 Å². The third kappa shape index (κ3) is 3.91. The van der Waals surface area contributed by atoms with Crippen molar-refractivity contribution in [2.75, 3.05) is 13.2 Å². The summed E-state index contributed by atoms with van der Waals surface area (Å²) in [6.07, 6.45) is 3.18. The molecule has 0 bridgehead atoms. The number of allylic oxidation sites excluding steroid dienone is 2. The molecule has 16 heavy (non-hydrogen) atoms. The van der Waals surface area contributed by atoms with Gasteiger partial charge in [-0.05, 0) is 20.3 Å². The Hall–Kier alpha value is -0.340. The van der Waals surface area contributed by atoms with Gasteiger partial charge in [-0.15, -0.1) is 0 Å². The molecule has 1 fully saturated rings. The molecule has 0 aromatic rings. The molecule has 0 N–H and O–H groups in total. The molecule has 0 saturated carbocycles. The number of hydrogen-bond donors (Lipinski definition) is 0. The van der Waals surface area contributed by atoms with Gasteiger partial charge in [-0.1, -0.05) is 39.3 Å². The molecule has 0 amide bonds. The standard InChI is InChI=1S/C14H26O2/c1-11(2)7-8-14(5,6)12-15-9-13(3,4)10-16-12/h7,12H,8-10H2,1-6H3. The van der Waals surface area contributed by atoms with Gasteiger partial charge in [-0.2, -0.15) is 0 Å². The average molecular weight is 226 g/mol. The van der Waals surface area contributed by atoms with Crippen molar-refractivity contribution in [3.63, 3.8) is 0 Å². The third-order valence-electron chi connectivity index (χ3n) is 2.93. The van der Waals surface area contributed by atoms with Crippen LogP contribution in [0.4, 0.5) is 0 Å². The highest BCUT2D eigenvalue weighted by Crippen LogP contribution is 2.35. The molecule has 1 aliphatic rings. The maximum absolute atomic E-state index is 5.84. The summed E-state index contributed by atoms with van der Waals surface area (Å²) in [6, 6.07) is 0. The van der Waals surface area contributed by atoms with Crippen LogP contribution in [0.15, 0.2) is 11.6 Å². The zero-order chi connectivity index (χ0) is 12.4. The van der Waals surface area contributed by atoms with Gasteiger partial charge in [0.2, 0.25) is 0 Å². The van der Waals surface area contributed by atoms with Crippen molar-refractivity contribution in [3.8, 4) is 0 Å². The molecule has 0 aromatic heterocycles. The van der Waals surface area contributed by atoms with E-state index < -0.39 is 0 Å². The first-order chi connectivity index (χ1) is 7.23. The monoisotopic (exact) mass is 226 g/mol. The third-order valence-corrected chi connectivity index (χ3v) is 2.93. The van der Waals surface area contributed by atoms with Gasteiger partial charge in [0.05, 0.1) is 13.2 Å². The van der Waals surface area contributed by atoms with E-state index in [-0.39, 0.29) is 17.1 Å². The second-order valence-corrected chi connectivity index (χ2v) is 6.59. The minimum atomic E-state index is -0.0730. The van der Waals surface area contributed by atoms with Crippen molar-refractivity contribution in [2.45, 2.75) is 54.3 Å². The molecule has 1 rings (SSSR count). The Morgan fingerprint density at radius 1 is 1.25 bits per heavy atom. The van der Waals surface area contributed by atoms with Crippen LogP contribution in [0.5, 0.6) is 0 Å². The van der Waals surface area contributed by atoms with E-state index in [2.05, 4.69) is 47.6 Å². The quantitative estimate of drug-likeness (QED) is 0.682. The van der Waals surface area contributed by atoms with Crippen molar-refractivity contribution in [1.29, 1.82) is 0 Å². The minimum Gasteiger partial charge on any atom is -0.351 e. The SMILES string of the molecule is CC(C)=CCC(C)(C)C1OCC(C)(C)CO1. The van der Waals surface area contributed by atoms with Gasteiger partial charge < -0.3 is 9.47 Å². The largest absolute Gasteiger partial charge is 0.351 e. The summed E-state index contributed by atoms with van der Waals surface area (Å²) in [4.78, 5) is 0. The molecule has 2 heteroatoms. The Morgan fingerprint density at radius 2 is 1.75 bits per heavy atom. The second kappa shape index (κ2) is 4.89. The smallest absolute Gasteiger partial charge is 0.162 e. The number of rotatable bonds is 3. The van der Waals surface area contributed by atoms with Gasteiger partial charge in [0.15, 0.2) is 6.29 Å². The predicted octanol–water partition coefficient (Wildman–Crippen LogP) is 3.77. The van der Waals surface area contributed by atoms with Crippen LogP contribution in [-0.2, 0) is 9.47 Å². The lowest BCUT2D eigenvalue weighted by Gasteiger charge is -2.41. The topological polar surface area (TPSA) is 18.5 Å². The van der Waals surface area contributed by atoms with E-state index in [1.54, 1.807) is 0 Å². The van der Waals surface area contributed by atoms with Crippen molar-refractivity contribution in [1.82, 2.24) is 0 Å². The Balaban J connectivity index is 2.54. The van der Waals surface area contributed by atoms with Gasteiger partial charge in [0, 0.05) is 10.8 Å². The van der Waals surface area contributed by atoms with Crippen molar-refractivity contribution in [3.05, 3.63) is 11.6 Å². The normalized spacial score (nSPS) is 21.9. The molecule has 94 valence electrons. The molecule has 0 unspecified atom stereocenters. The lowest BCUT2D eigenvalue weighted by Crippen LogP contribution is -2.44. The molecule has 1 heterocycles. The maximum Gasteiger partial charge on any atom is 0.162 e. The maximum atomic E-state index is 5.84. The molecule has 1 saturated heterocycles. The molecule has 0 radical (unpaired) electrons. The molecule has 0 spiro atoms. The zero-order valence-corrected chi connectivity index (χ0v) is 11.6. The van der Waals surface area contributed by atoms with E-state index in [0.717, 1.165) is 19.6 Å². The summed E-state index contributed by atoms with van der Waals surface area (Å²) < 4.78 is 11.7. The fourth-order valence-corrected chi connectivity index (χ4v) is 1.71. The van der Waals surface area contributed by atoms with Gasteiger partial charge in [0.1, 0.15) is 0 Å². The first-order valence-electron chi connectivity index (χ1n) is 6.10. The van der Waals surface area contributed by atoms with Crippen LogP contribution in [-0.4, -0.2) is 19.5 Å². The first-order valence-corrected chi connectivity index (χ1v) is 6.10. The Labute approximate surface area is 100 Å². The second-order valence-electron chi connectivity index (χ2n) is 6.59. The van der Waals surface area contributed by atoms with E-state index in [1.807, 2.05) is 0 Å². The van der Waals surface area contributed by atoms with Gasteiger partial charge in [-0.3, -0.25) is 0 Å². The molecule has 0 atom stereocenters. The lowest BCUT2D eigenvalue weighted by molar-refractivity contribution is -0.262. The van der Waals surface area contributed by atoms with Crippen molar-refractivity contribution in [2.24, 2.45) is 10.8 Å². The minimum absolute atomic E-state index is 0.0494. The van der Waals surface area contributed by atoms with Gasteiger partial charge in [0.25, 0.3) is 0 Å². The van der Waals surface area contributed by atoms with Gasteiger partial charge in [-0.25, -0.2) is 0 Å². The summed E-state index contributed by atoms with van der Waals surface area (Å²) in [5, 5.41) is 0. The first kappa shape index (κ1) is 13.7. The molecule has 0 aliphatic carbocycles. The predicted molar refractivity (Wildman–Crippen MR) is 67.3 cm³/mol. The van der Waals surface area contributed by atoms with E-state index in [4.69, 9.17) is 9.47 Å². The van der Waals surface area contributed by atoms with Crippen molar-refractivity contribution >= 4 is 0 Å². The van der Waals surface area contributed by atoms with Crippen molar-refractivity contribution < 1.29 is 9.47 Å². The number of hydrogen-bond acceptors (Lipinski definition) is 2. The Morgan fingerprint density at radius 3 is 2.19 bits per heavy atom. The lowest BCUT2D eigenvalue weighted by atomic mass is 9.86. The van der Waals surface area contributed by atoms with E-state index in [9.17, 15) is 0 Å². The van der Waals surface area contributed by atoms with Crippen LogP contribution >= 0.6 is 0 Å². The van der Waals surface area contributed by atoms with Crippen LogP contribution in [0.2, 0.25) is 0 Å². The molecule has 0 aromatic carbocycles. The fraction of sp³-hybridized carbons (Fsp3) is 0.857. The van der Waals surface area contributed by atoms with E-state index in [0.29, 0.717) is 0 Å². The molecular weight excluding hydrogens is 200 g/mol. The summed E-state index contributed by atoms with van der Waals surface area (Å²) >= 11 is 0. The summed E-state index contributed by atoms with van der Waals surface area (Å²) in [7, 11) is 0. The Kier molecular flexibility index (Phi) is 4.19. The highest BCUT2D eigenvalue weighted by atomic mass is 16.7. The molecular formula is C14H26O2. The number of ether oxygens (including phenoxy) is 2. The molecule has 1 aliphatic heterocycles. The summed E-state index contributed by atoms with van der Waals surface area (Å²) in [5.41, 5.74) is 1.56. The zero-order valence-electron chi connectivity index (χ0n) is 11.6. The summed E-state index contributed by atoms with van der Waals surface area (Å²) in [6.45, 7) is 14.6. The van der Waals surface area contributed by atoms with E-state index in [1.165, 1.54) is 5.57 Å². The molecule has 2 nitrogen and oxygen atoms in total. The van der Waals surface area contributed by atoms with Crippen LogP contribution in [0, 0.1) is 10.8 Å². The van der Waals surface area contributed by atoms with Crippen LogP contribution in [0.1, 0.15) is 48.0 Å². The highest BCUT2D eigenvalue weighted by molar-refractivity contribution is 4.97. The van der Waals surface area contributed by atoms with Gasteiger partial charge >= 0.3 is 0 Å². The van der Waals surface area contributed by atoms with E-state index >= 15 is 0 Å². The summed E-state index contributed by atoms with van der Waals surface area (Å²) in [5.74, 6) is 0.